The van der Waals surface area contributed by atoms with Gasteiger partial charge >= 0.3 is 0 Å². The molecule has 5 rings (SSSR count). The van der Waals surface area contributed by atoms with Crippen molar-refractivity contribution in [3.8, 4) is 22.3 Å². The summed E-state index contributed by atoms with van der Waals surface area (Å²) >= 11 is 3.64. The third kappa shape index (κ3) is 2.94. The van der Waals surface area contributed by atoms with Crippen LogP contribution < -0.4 is 0 Å². The molecule has 0 aliphatic rings. The van der Waals surface area contributed by atoms with Crippen LogP contribution in [-0.2, 0) is 0 Å². The van der Waals surface area contributed by atoms with Crippen molar-refractivity contribution >= 4 is 37.5 Å². The van der Waals surface area contributed by atoms with Gasteiger partial charge in [-0.3, -0.25) is 0 Å². The SMILES string of the molecule is Brc1cccc(-c2c(-c3ccccc3)ccc3cc4ccccc4cc23)c1. The fraction of sp³-hybridized carbons (Fsp3) is 0. The van der Waals surface area contributed by atoms with E-state index in [1.54, 1.807) is 0 Å². The molecule has 27 heavy (non-hydrogen) atoms. The van der Waals surface area contributed by atoms with Gasteiger partial charge in [-0.1, -0.05) is 94.8 Å². The summed E-state index contributed by atoms with van der Waals surface area (Å²) in [7, 11) is 0. The Balaban J connectivity index is 1.92. The molecular weight excluding hydrogens is 392 g/mol. The molecular formula is C26H17Br. The monoisotopic (exact) mass is 408 g/mol. The lowest BCUT2D eigenvalue weighted by Gasteiger charge is -2.15. The van der Waals surface area contributed by atoms with E-state index < -0.39 is 0 Å². The summed E-state index contributed by atoms with van der Waals surface area (Å²) in [6.07, 6.45) is 0. The first kappa shape index (κ1) is 16.3. The molecule has 0 heterocycles. The molecule has 0 nitrogen and oxygen atoms in total. The summed E-state index contributed by atoms with van der Waals surface area (Å²) in [6, 6.07) is 36.9. The van der Waals surface area contributed by atoms with E-state index in [0.29, 0.717) is 0 Å². The molecule has 0 aromatic heterocycles. The van der Waals surface area contributed by atoms with E-state index in [0.717, 1.165) is 4.47 Å². The van der Waals surface area contributed by atoms with Gasteiger partial charge in [0, 0.05) is 4.47 Å². The van der Waals surface area contributed by atoms with Crippen molar-refractivity contribution in [2.45, 2.75) is 0 Å². The van der Waals surface area contributed by atoms with E-state index >= 15 is 0 Å². The molecule has 5 aromatic rings. The van der Waals surface area contributed by atoms with Crippen molar-refractivity contribution in [1.82, 2.24) is 0 Å². The van der Waals surface area contributed by atoms with Crippen molar-refractivity contribution < 1.29 is 0 Å². The highest BCUT2D eigenvalue weighted by atomic mass is 79.9. The third-order valence-corrected chi connectivity index (χ3v) is 5.58. The van der Waals surface area contributed by atoms with Crippen LogP contribution in [-0.4, -0.2) is 0 Å². The van der Waals surface area contributed by atoms with Crippen molar-refractivity contribution in [1.29, 1.82) is 0 Å². The van der Waals surface area contributed by atoms with Gasteiger partial charge in [-0.2, -0.15) is 0 Å². The molecule has 0 radical (unpaired) electrons. The van der Waals surface area contributed by atoms with Crippen LogP contribution in [0.25, 0.3) is 43.8 Å². The lowest BCUT2D eigenvalue weighted by Crippen LogP contribution is -1.89. The summed E-state index contributed by atoms with van der Waals surface area (Å²) in [5, 5.41) is 5.10. The average molecular weight is 409 g/mol. The first-order valence-electron chi connectivity index (χ1n) is 9.06. The number of halogens is 1. The molecule has 0 bridgehead atoms. The maximum atomic E-state index is 3.64. The van der Waals surface area contributed by atoms with Gasteiger partial charge in [0.1, 0.15) is 0 Å². The lowest BCUT2D eigenvalue weighted by atomic mass is 9.89. The first-order valence-corrected chi connectivity index (χ1v) is 9.86. The molecule has 0 N–H and O–H groups in total. The van der Waals surface area contributed by atoms with E-state index in [2.05, 4.69) is 119 Å². The zero-order valence-electron chi connectivity index (χ0n) is 14.7. The minimum Gasteiger partial charge on any atom is -0.0622 e. The van der Waals surface area contributed by atoms with Crippen LogP contribution in [0, 0.1) is 0 Å². The minimum absolute atomic E-state index is 1.09. The molecule has 0 aliphatic carbocycles. The number of rotatable bonds is 2. The van der Waals surface area contributed by atoms with Gasteiger partial charge < -0.3 is 0 Å². The summed E-state index contributed by atoms with van der Waals surface area (Å²) in [5.74, 6) is 0. The van der Waals surface area contributed by atoms with Crippen LogP contribution in [0.3, 0.4) is 0 Å². The summed E-state index contributed by atoms with van der Waals surface area (Å²) in [4.78, 5) is 0. The topological polar surface area (TPSA) is 0 Å². The van der Waals surface area contributed by atoms with Crippen LogP contribution in [0.2, 0.25) is 0 Å². The van der Waals surface area contributed by atoms with E-state index in [1.165, 1.54) is 43.8 Å². The zero-order chi connectivity index (χ0) is 18.2. The average Bonchev–Trinajstić information content (AvgIpc) is 2.72. The number of hydrogen-bond donors (Lipinski definition) is 0. The minimum atomic E-state index is 1.09. The quantitative estimate of drug-likeness (QED) is 0.259. The third-order valence-electron chi connectivity index (χ3n) is 5.08. The van der Waals surface area contributed by atoms with Crippen molar-refractivity contribution in [3.05, 3.63) is 108 Å². The molecule has 0 aliphatic heterocycles. The number of fused-ring (bicyclic) bond motifs is 2. The fourth-order valence-corrected chi connectivity index (χ4v) is 4.23. The van der Waals surface area contributed by atoms with Gasteiger partial charge in [-0.15, -0.1) is 0 Å². The molecule has 0 amide bonds. The molecule has 0 unspecified atom stereocenters. The Morgan fingerprint density at radius 2 is 1.19 bits per heavy atom. The van der Waals surface area contributed by atoms with Crippen LogP contribution >= 0.6 is 15.9 Å². The summed E-state index contributed by atoms with van der Waals surface area (Å²) < 4.78 is 1.09. The maximum Gasteiger partial charge on any atom is 0.0181 e. The largest absolute Gasteiger partial charge is 0.0622 e. The van der Waals surface area contributed by atoms with Gasteiger partial charge in [0.05, 0.1) is 0 Å². The zero-order valence-corrected chi connectivity index (χ0v) is 16.3. The predicted octanol–water partition coefficient (Wildman–Crippen LogP) is 8.09. The van der Waals surface area contributed by atoms with E-state index in [-0.39, 0.29) is 0 Å². The van der Waals surface area contributed by atoms with Crippen molar-refractivity contribution in [2.75, 3.05) is 0 Å². The maximum absolute atomic E-state index is 3.64. The Labute approximate surface area is 167 Å². The molecule has 0 saturated heterocycles. The molecule has 1 heteroatoms. The second kappa shape index (κ2) is 6.68. The summed E-state index contributed by atoms with van der Waals surface area (Å²) in [5.41, 5.74) is 5.01. The van der Waals surface area contributed by atoms with Crippen LogP contribution in [0.1, 0.15) is 0 Å². The molecule has 5 aromatic carbocycles. The highest BCUT2D eigenvalue weighted by molar-refractivity contribution is 9.10. The fourth-order valence-electron chi connectivity index (χ4n) is 3.83. The molecule has 128 valence electrons. The number of benzene rings is 5. The Kier molecular flexibility index (Phi) is 4.03. The van der Waals surface area contributed by atoms with E-state index in [9.17, 15) is 0 Å². The predicted molar refractivity (Wildman–Crippen MR) is 120 cm³/mol. The normalized spacial score (nSPS) is 11.1. The molecule has 0 saturated carbocycles. The second-order valence-electron chi connectivity index (χ2n) is 6.78. The van der Waals surface area contributed by atoms with Crippen LogP contribution in [0.4, 0.5) is 0 Å². The van der Waals surface area contributed by atoms with Gasteiger partial charge in [0.15, 0.2) is 0 Å². The smallest absolute Gasteiger partial charge is 0.0181 e. The Morgan fingerprint density at radius 1 is 0.481 bits per heavy atom. The second-order valence-corrected chi connectivity index (χ2v) is 7.70. The summed E-state index contributed by atoms with van der Waals surface area (Å²) in [6.45, 7) is 0. The van der Waals surface area contributed by atoms with E-state index in [1.807, 2.05) is 0 Å². The Bertz CT molecular complexity index is 1270. The van der Waals surface area contributed by atoms with Gasteiger partial charge in [0.25, 0.3) is 0 Å². The van der Waals surface area contributed by atoms with Gasteiger partial charge in [-0.05, 0) is 68.1 Å². The van der Waals surface area contributed by atoms with Crippen molar-refractivity contribution in [3.63, 3.8) is 0 Å². The van der Waals surface area contributed by atoms with Gasteiger partial charge in [-0.25, -0.2) is 0 Å². The first-order chi connectivity index (χ1) is 13.3. The van der Waals surface area contributed by atoms with Gasteiger partial charge in [0.2, 0.25) is 0 Å². The van der Waals surface area contributed by atoms with Crippen molar-refractivity contribution in [2.24, 2.45) is 0 Å². The number of hydrogen-bond acceptors (Lipinski definition) is 0. The standard InChI is InChI=1S/C26H17Br/c27-23-12-6-11-22(16-23)26-24(18-7-2-1-3-8-18)14-13-21-15-19-9-4-5-10-20(19)17-25(21)26/h1-17H. The van der Waals surface area contributed by atoms with E-state index in [4.69, 9.17) is 0 Å². The van der Waals surface area contributed by atoms with Crippen LogP contribution in [0.15, 0.2) is 108 Å². The molecule has 0 spiro atoms. The molecule has 0 fully saturated rings. The Hall–Kier alpha value is -2.90. The highest BCUT2D eigenvalue weighted by Gasteiger charge is 2.13. The Morgan fingerprint density at radius 3 is 1.96 bits per heavy atom. The molecule has 0 atom stereocenters. The highest BCUT2D eigenvalue weighted by Crippen LogP contribution is 2.40. The lowest BCUT2D eigenvalue weighted by molar-refractivity contribution is 1.59. The van der Waals surface area contributed by atoms with Crippen LogP contribution in [0.5, 0.6) is 0 Å².